The Morgan fingerprint density at radius 2 is 1.23 bits per heavy atom. The third kappa shape index (κ3) is 3.95. The fourth-order valence-electron chi connectivity index (χ4n) is 3.20. The molecular weight excluding hydrogens is 380 g/mol. The van der Waals surface area contributed by atoms with Crippen LogP contribution in [0.3, 0.4) is 0 Å². The number of ether oxygens (including phenoxy) is 2. The van der Waals surface area contributed by atoms with Crippen LogP contribution >= 0.6 is 0 Å². The summed E-state index contributed by atoms with van der Waals surface area (Å²) in [4.78, 5) is 0.168. The first-order valence-electron chi connectivity index (χ1n) is 8.55. The zero-order chi connectivity index (χ0) is 18.9. The van der Waals surface area contributed by atoms with Gasteiger partial charge in [-0.3, -0.25) is 0 Å². The Balaban J connectivity index is 1.82. The maximum atomic E-state index is 12.8. The normalized spacial score (nSPS) is 26.7. The lowest BCUT2D eigenvalue weighted by Gasteiger charge is -2.34. The molecule has 2 heterocycles. The summed E-state index contributed by atoms with van der Waals surface area (Å²) in [6.07, 6.45) is -0.371. The van der Waals surface area contributed by atoms with E-state index in [1.54, 1.807) is 0 Å². The third-order valence-corrected chi connectivity index (χ3v) is 8.21. The average Bonchev–Trinajstić information content (AvgIpc) is 2.62. The molecule has 146 valence electrons. The second kappa shape index (κ2) is 7.53. The highest BCUT2D eigenvalue weighted by Gasteiger charge is 2.33. The number of rotatable bonds is 4. The highest BCUT2D eigenvalue weighted by atomic mass is 32.2. The molecule has 0 amide bonds. The summed E-state index contributed by atoms with van der Waals surface area (Å²) >= 11 is 0. The number of sulfonamides is 2. The minimum Gasteiger partial charge on any atom is -0.379 e. The third-order valence-electron chi connectivity index (χ3n) is 4.46. The summed E-state index contributed by atoms with van der Waals surface area (Å²) in [7, 11) is -7.33. The second-order valence-corrected chi connectivity index (χ2v) is 10.4. The molecule has 0 N–H and O–H groups in total. The fraction of sp³-hybridized carbons (Fsp3) is 0.625. The predicted octanol–water partition coefficient (Wildman–Crippen LogP) is 0.505. The van der Waals surface area contributed by atoms with E-state index < -0.39 is 20.0 Å². The van der Waals surface area contributed by atoms with Gasteiger partial charge in [-0.25, -0.2) is 16.8 Å². The van der Waals surface area contributed by atoms with Crippen LogP contribution < -0.4 is 0 Å². The van der Waals surface area contributed by atoms with Gasteiger partial charge in [-0.15, -0.1) is 0 Å². The standard InChI is InChI=1S/C16H24N2O6S2/c1-13-11-18(12-14(2)24-13)26(21,22)16-5-3-15(4-6-16)25(19,20)17-7-9-23-10-8-17/h3-6,13-14H,7-12H2,1-2H3/t13-,14-/m0/s1. The first kappa shape index (κ1) is 19.7. The Kier molecular flexibility index (Phi) is 5.71. The molecule has 0 aliphatic carbocycles. The van der Waals surface area contributed by atoms with E-state index in [2.05, 4.69) is 0 Å². The molecule has 2 atom stereocenters. The molecule has 2 fully saturated rings. The molecule has 10 heteroatoms. The molecule has 0 aromatic heterocycles. The van der Waals surface area contributed by atoms with Gasteiger partial charge < -0.3 is 9.47 Å². The van der Waals surface area contributed by atoms with E-state index in [1.807, 2.05) is 13.8 Å². The molecule has 0 radical (unpaired) electrons. The van der Waals surface area contributed by atoms with Crippen LogP contribution in [0.1, 0.15) is 13.8 Å². The molecule has 0 spiro atoms. The van der Waals surface area contributed by atoms with Gasteiger partial charge in [-0.1, -0.05) is 0 Å². The molecule has 0 unspecified atom stereocenters. The molecule has 3 rings (SSSR count). The van der Waals surface area contributed by atoms with Crippen molar-refractivity contribution >= 4 is 20.0 Å². The summed E-state index contributed by atoms with van der Waals surface area (Å²) in [5, 5.41) is 0. The first-order valence-corrected chi connectivity index (χ1v) is 11.4. The highest BCUT2D eigenvalue weighted by molar-refractivity contribution is 7.89. The van der Waals surface area contributed by atoms with Gasteiger partial charge in [0, 0.05) is 26.2 Å². The van der Waals surface area contributed by atoms with E-state index in [-0.39, 0.29) is 35.1 Å². The maximum absolute atomic E-state index is 12.8. The van der Waals surface area contributed by atoms with Crippen molar-refractivity contribution in [3.63, 3.8) is 0 Å². The smallest absolute Gasteiger partial charge is 0.243 e. The van der Waals surface area contributed by atoms with Crippen molar-refractivity contribution in [1.82, 2.24) is 8.61 Å². The SMILES string of the molecule is C[C@H]1CN(S(=O)(=O)c2ccc(S(=O)(=O)N3CCOCC3)cc2)C[C@H](C)O1. The van der Waals surface area contributed by atoms with Crippen molar-refractivity contribution < 1.29 is 26.3 Å². The van der Waals surface area contributed by atoms with Crippen molar-refractivity contribution in [2.24, 2.45) is 0 Å². The Morgan fingerprint density at radius 3 is 1.69 bits per heavy atom. The van der Waals surface area contributed by atoms with Gasteiger partial charge in [-0.05, 0) is 38.1 Å². The molecule has 2 aliphatic heterocycles. The topological polar surface area (TPSA) is 93.2 Å². The monoisotopic (exact) mass is 404 g/mol. The van der Waals surface area contributed by atoms with Crippen LogP contribution in [0.4, 0.5) is 0 Å². The summed E-state index contributed by atoms with van der Waals surface area (Å²) in [6.45, 7) is 5.53. The number of nitrogens with zero attached hydrogens (tertiary/aromatic N) is 2. The van der Waals surface area contributed by atoms with E-state index in [4.69, 9.17) is 9.47 Å². The largest absolute Gasteiger partial charge is 0.379 e. The summed E-state index contributed by atoms with van der Waals surface area (Å²) < 4.78 is 64.4. The molecular formula is C16H24N2O6S2. The molecule has 2 aliphatic rings. The van der Waals surface area contributed by atoms with Gasteiger partial charge in [0.1, 0.15) is 0 Å². The summed E-state index contributed by atoms with van der Waals surface area (Å²) in [5.41, 5.74) is 0. The number of hydrogen-bond acceptors (Lipinski definition) is 6. The minimum atomic E-state index is -3.69. The van der Waals surface area contributed by atoms with Gasteiger partial charge in [-0.2, -0.15) is 8.61 Å². The highest BCUT2D eigenvalue weighted by Crippen LogP contribution is 2.24. The zero-order valence-corrected chi connectivity index (χ0v) is 16.5. The van der Waals surface area contributed by atoms with Crippen molar-refractivity contribution in [2.45, 2.75) is 35.8 Å². The lowest BCUT2D eigenvalue weighted by atomic mass is 10.3. The average molecular weight is 405 g/mol. The quantitative estimate of drug-likeness (QED) is 0.726. The van der Waals surface area contributed by atoms with Crippen LogP contribution in [0.15, 0.2) is 34.1 Å². The van der Waals surface area contributed by atoms with Gasteiger partial charge >= 0.3 is 0 Å². The van der Waals surface area contributed by atoms with Crippen LogP contribution in [-0.4, -0.2) is 77.0 Å². The van der Waals surface area contributed by atoms with Gasteiger partial charge in [0.15, 0.2) is 0 Å². The van der Waals surface area contributed by atoms with E-state index in [9.17, 15) is 16.8 Å². The molecule has 2 saturated heterocycles. The second-order valence-electron chi connectivity index (χ2n) is 6.57. The molecule has 1 aromatic rings. The lowest BCUT2D eigenvalue weighted by molar-refractivity contribution is -0.0440. The minimum absolute atomic E-state index is 0.0831. The van der Waals surface area contributed by atoms with Gasteiger partial charge in [0.05, 0.1) is 35.2 Å². The number of morpholine rings is 2. The Morgan fingerprint density at radius 1 is 0.808 bits per heavy atom. The van der Waals surface area contributed by atoms with E-state index in [0.717, 1.165) is 0 Å². The van der Waals surface area contributed by atoms with Crippen molar-refractivity contribution in [3.05, 3.63) is 24.3 Å². The predicted molar refractivity (Wildman–Crippen MR) is 94.8 cm³/mol. The van der Waals surface area contributed by atoms with Gasteiger partial charge in [0.25, 0.3) is 0 Å². The zero-order valence-electron chi connectivity index (χ0n) is 14.9. The van der Waals surface area contributed by atoms with Crippen molar-refractivity contribution in [3.8, 4) is 0 Å². The van der Waals surface area contributed by atoms with E-state index in [0.29, 0.717) is 26.3 Å². The molecule has 1 aromatic carbocycles. The fourth-order valence-corrected chi connectivity index (χ4v) is 6.19. The van der Waals surface area contributed by atoms with E-state index in [1.165, 1.54) is 32.9 Å². The molecule has 0 saturated carbocycles. The number of hydrogen-bond donors (Lipinski definition) is 0. The van der Waals surface area contributed by atoms with Crippen LogP contribution in [0.5, 0.6) is 0 Å². The Bertz CT molecular complexity index is 822. The number of benzene rings is 1. The Labute approximate surface area is 154 Å². The van der Waals surface area contributed by atoms with E-state index >= 15 is 0 Å². The van der Waals surface area contributed by atoms with Crippen LogP contribution in [0.25, 0.3) is 0 Å². The maximum Gasteiger partial charge on any atom is 0.243 e. The van der Waals surface area contributed by atoms with Crippen molar-refractivity contribution in [1.29, 1.82) is 0 Å². The summed E-state index contributed by atoms with van der Waals surface area (Å²) in [6, 6.07) is 5.41. The van der Waals surface area contributed by atoms with Crippen LogP contribution in [0.2, 0.25) is 0 Å². The molecule has 26 heavy (non-hydrogen) atoms. The molecule has 8 nitrogen and oxygen atoms in total. The Hall–Kier alpha value is -1.04. The lowest BCUT2D eigenvalue weighted by Crippen LogP contribution is -2.48. The van der Waals surface area contributed by atoms with Gasteiger partial charge in [0.2, 0.25) is 20.0 Å². The van der Waals surface area contributed by atoms with Crippen molar-refractivity contribution in [2.75, 3.05) is 39.4 Å². The molecule has 0 bridgehead atoms. The van der Waals surface area contributed by atoms with Crippen LogP contribution in [-0.2, 0) is 29.5 Å². The van der Waals surface area contributed by atoms with Crippen LogP contribution in [0, 0.1) is 0 Å². The first-order chi connectivity index (χ1) is 12.2. The summed E-state index contributed by atoms with van der Waals surface area (Å²) in [5.74, 6) is 0.